The molecule has 0 aromatic heterocycles. The van der Waals surface area contributed by atoms with E-state index >= 15 is 0 Å². The molecule has 1 fully saturated rings. The van der Waals surface area contributed by atoms with E-state index in [-0.39, 0.29) is 0 Å². The van der Waals surface area contributed by atoms with Crippen molar-refractivity contribution in [1.29, 1.82) is 0 Å². The molecular formula is C15H19NO3. The van der Waals surface area contributed by atoms with Crippen molar-refractivity contribution in [2.75, 3.05) is 19.8 Å². The van der Waals surface area contributed by atoms with Crippen molar-refractivity contribution in [2.45, 2.75) is 25.7 Å². The van der Waals surface area contributed by atoms with E-state index in [4.69, 9.17) is 14.7 Å². The van der Waals surface area contributed by atoms with Crippen LogP contribution in [-0.4, -0.2) is 30.7 Å². The Hall–Kier alpha value is -1.55. The highest BCUT2D eigenvalue weighted by atomic mass is 16.5. The molecule has 1 aliphatic heterocycles. The van der Waals surface area contributed by atoms with Crippen LogP contribution in [0.15, 0.2) is 23.4 Å². The molecule has 0 atom stereocenters. The fourth-order valence-electron chi connectivity index (χ4n) is 2.83. The molecule has 1 saturated heterocycles. The van der Waals surface area contributed by atoms with Crippen LogP contribution in [0.5, 0.6) is 5.75 Å². The Morgan fingerprint density at radius 3 is 2.89 bits per heavy atom. The number of rotatable bonds is 3. The molecule has 19 heavy (non-hydrogen) atoms. The minimum atomic E-state index is 0.594. The lowest BCUT2D eigenvalue weighted by atomic mass is 10.0. The molecule has 1 aromatic carbocycles. The molecule has 4 nitrogen and oxygen atoms in total. The lowest BCUT2D eigenvalue weighted by molar-refractivity contribution is 0.0496. The average Bonchev–Trinajstić information content (AvgIpc) is 2.90. The van der Waals surface area contributed by atoms with E-state index < -0.39 is 0 Å². The van der Waals surface area contributed by atoms with Gasteiger partial charge in [-0.25, -0.2) is 0 Å². The average molecular weight is 261 g/mol. The first-order valence-corrected chi connectivity index (χ1v) is 6.92. The Bertz CT molecular complexity index is 478. The van der Waals surface area contributed by atoms with Crippen molar-refractivity contribution in [1.82, 2.24) is 0 Å². The van der Waals surface area contributed by atoms with Gasteiger partial charge >= 0.3 is 0 Å². The van der Waals surface area contributed by atoms with Gasteiger partial charge in [0.1, 0.15) is 5.75 Å². The van der Waals surface area contributed by atoms with Gasteiger partial charge in [0.2, 0.25) is 0 Å². The van der Waals surface area contributed by atoms with Gasteiger partial charge in [0.15, 0.2) is 0 Å². The highest BCUT2D eigenvalue weighted by molar-refractivity contribution is 6.04. The number of nitrogens with zero attached hydrogens (tertiary/aromatic N) is 1. The second kappa shape index (κ2) is 5.61. The van der Waals surface area contributed by atoms with Crippen LogP contribution in [0.4, 0.5) is 0 Å². The van der Waals surface area contributed by atoms with E-state index in [9.17, 15) is 0 Å². The van der Waals surface area contributed by atoms with E-state index in [0.717, 1.165) is 62.5 Å². The SMILES string of the molecule is ON=C1CCc2c(OCC3CCOCC3)cccc21. The summed E-state index contributed by atoms with van der Waals surface area (Å²) in [6.45, 7) is 2.45. The number of hydrogen-bond donors (Lipinski definition) is 1. The van der Waals surface area contributed by atoms with E-state index in [1.165, 1.54) is 5.56 Å². The maximum Gasteiger partial charge on any atom is 0.123 e. The second-order valence-corrected chi connectivity index (χ2v) is 5.20. The Balaban J connectivity index is 1.70. The van der Waals surface area contributed by atoms with Crippen LogP contribution in [0, 0.1) is 5.92 Å². The molecule has 0 spiro atoms. The first-order valence-electron chi connectivity index (χ1n) is 6.92. The monoisotopic (exact) mass is 261 g/mol. The van der Waals surface area contributed by atoms with E-state index in [0.29, 0.717) is 5.92 Å². The first kappa shape index (κ1) is 12.5. The standard InChI is InChI=1S/C15H19NO3/c17-16-14-5-4-13-12(14)2-1-3-15(13)19-10-11-6-8-18-9-7-11/h1-3,11,17H,4-10H2. The van der Waals surface area contributed by atoms with Crippen LogP contribution in [0.25, 0.3) is 0 Å². The van der Waals surface area contributed by atoms with Gasteiger partial charge in [0.05, 0.1) is 12.3 Å². The van der Waals surface area contributed by atoms with Crippen LogP contribution in [-0.2, 0) is 11.2 Å². The van der Waals surface area contributed by atoms with Crippen LogP contribution >= 0.6 is 0 Å². The van der Waals surface area contributed by atoms with Gasteiger partial charge in [0.25, 0.3) is 0 Å². The topological polar surface area (TPSA) is 51.1 Å². The Labute approximate surface area is 113 Å². The van der Waals surface area contributed by atoms with E-state index in [1.807, 2.05) is 18.2 Å². The van der Waals surface area contributed by atoms with Crippen LogP contribution in [0.2, 0.25) is 0 Å². The van der Waals surface area contributed by atoms with E-state index in [1.54, 1.807) is 0 Å². The van der Waals surface area contributed by atoms with Crippen molar-refractivity contribution in [3.63, 3.8) is 0 Å². The van der Waals surface area contributed by atoms with Crippen LogP contribution in [0.1, 0.15) is 30.4 Å². The summed E-state index contributed by atoms with van der Waals surface area (Å²) in [4.78, 5) is 0. The molecule has 0 bridgehead atoms. The normalized spacial score (nSPS) is 21.6. The Morgan fingerprint density at radius 2 is 2.11 bits per heavy atom. The summed E-state index contributed by atoms with van der Waals surface area (Å²) in [5.41, 5.74) is 2.99. The molecule has 2 aliphatic rings. The van der Waals surface area contributed by atoms with Gasteiger partial charge in [0, 0.05) is 24.3 Å². The number of hydrogen-bond acceptors (Lipinski definition) is 4. The Morgan fingerprint density at radius 1 is 1.26 bits per heavy atom. The summed E-state index contributed by atoms with van der Waals surface area (Å²) in [5.74, 6) is 1.54. The zero-order chi connectivity index (χ0) is 13.1. The quantitative estimate of drug-likeness (QED) is 0.672. The summed E-state index contributed by atoms with van der Waals surface area (Å²) in [6, 6.07) is 5.98. The number of ether oxygens (including phenoxy) is 2. The van der Waals surface area contributed by atoms with Gasteiger partial charge in [-0.15, -0.1) is 0 Å². The molecule has 1 N–H and O–H groups in total. The lowest BCUT2D eigenvalue weighted by Crippen LogP contribution is -2.21. The second-order valence-electron chi connectivity index (χ2n) is 5.20. The summed E-state index contributed by atoms with van der Waals surface area (Å²) >= 11 is 0. The summed E-state index contributed by atoms with van der Waals surface area (Å²) in [6.07, 6.45) is 3.86. The highest BCUT2D eigenvalue weighted by Gasteiger charge is 2.22. The Kier molecular flexibility index (Phi) is 3.69. The van der Waals surface area contributed by atoms with Gasteiger partial charge in [-0.2, -0.15) is 0 Å². The fourth-order valence-corrected chi connectivity index (χ4v) is 2.83. The van der Waals surface area contributed by atoms with Crippen molar-refractivity contribution < 1.29 is 14.7 Å². The van der Waals surface area contributed by atoms with Crippen molar-refractivity contribution in [3.8, 4) is 5.75 Å². The van der Waals surface area contributed by atoms with Crippen LogP contribution < -0.4 is 4.74 Å². The molecular weight excluding hydrogens is 242 g/mol. The highest BCUT2D eigenvalue weighted by Crippen LogP contribution is 2.31. The van der Waals surface area contributed by atoms with Gasteiger partial charge < -0.3 is 14.7 Å². The molecule has 1 aromatic rings. The van der Waals surface area contributed by atoms with Gasteiger partial charge in [-0.05, 0) is 37.7 Å². The molecule has 102 valence electrons. The van der Waals surface area contributed by atoms with Gasteiger partial charge in [-0.1, -0.05) is 17.3 Å². The molecule has 1 aliphatic carbocycles. The minimum absolute atomic E-state index is 0.594. The minimum Gasteiger partial charge on any atom is -0.493 e. The smallest absolute Gasteiger partial charge is 0.123 e. The molecule has 0 saturated carbocycles. The third-order valence-corrected chi connectivity index (χ3v) is 3.99. The summed E-state index contributed by atoms with van der Waals surface area (Å²) in [5, 5.41) is 12.3. The van der Waals surface area contributed by atoms with Crippen molar-refractivity contribution in [3.05, 3.63) is 29.3 Å². The first-order chi connectivity index (χ1) is 9.38. The molecule has 4 heteroatoms. The van der Waals surface area contributed by atoms with Crippen molar-refractivity contribution in [2.24, 2.45) is 11.1 Å². The predicted octanol–water partition coefficient (Wildman–Crippen LogP) is 2.62. The van der Waals surface area contributed by atoms with E-state index in [2.05, 4.69) is 5.16 Å². The largest absolute Gasteiger partial charge is 0.493 e. The zero-order valence-electron chi connectivity index (χ0n) is 11.0. The predicted molar refractivity (Wildman–Crippen MR) is 72.1 cm³/mol. The maximum absolute atomic E-state index is 8.97. The van der Waals surface area contributed by atoms with Crippen molar-refractivity contribution >= 4 is 5.71 Å². The molecule has 0 amide bonds. The zero-order valence-corrected chi connectivity index (χ0v) is 11.0. The number of benzene rings is 1. The third kappa shape index (κ3) is 2.59. The third-order valence-electron chi connectivity index (χ3n) is 3.99. The maximum atomic E-state index is 8.97. The number of oxime groups is 1. The molecule has 3 rings (SSSR count). The lowest BCUT2D eigenvalue weighted by Gasteiger charge is -2.22. The molecule has 0 radical (unpaired) electrons. The molecule has 1 heterocycles. The molecule has 0 unspecified atom stereocenters. The fraction of sp³-hybridized carbons (Fsp3) is 0.533. The summed E-state index contributed by atoms with van der Waals surface area (Å²) in [7, 11) is 0. The van der Waals surface area contributed by atoms with Crippen LogP contribution in [0.3, 0.4) is 0 Å². The number of fused-ring (bicyclic) bond motifs is 1. The van der Waals surface area contributed by atoms with Gasteiger partial charge in [-0.3, -0.25) is 0 Å². The summed E-state index contributed by atoms with van der Waals surface area (Å²) < 4.78 is 11.3.